The van der Waals surface area contributed by atoms with Crippen molar-refractivity contribution in [2.24, 2.45) is 0 Å². The standard InChI is InChI=1S/C9H5ClFNO/c10-8-1-5(11)2-9-7(8)3-6(13)4-12-9/h1-4,13H. The summed E-state index contributed by atoms with van der Waals surface area (Å²) in [6, 6.07) is 3.90. The lowest BCUT2D eigenvalue weighted by molar-refractivity contribution is 0.474. The van der Waals surface area contributed by atoms with Crippen molar-refractivity contribution in [3.8, 4) is 5.75 Å². The van der Waals surface area contributed by atoms with E-state index in [1.807, 2.05) is 0 Å². The van der Waals surface area contributed by atoms with Crippen LogP contribution in [-0.2, 0) is 0 Å². The van der Waals surface area contributed by atoms with Crippen molar-refractivity contribution in [1.29, 1.82) is 0 Å². The van der Waals surface area contributed by atoms with E-state index in [4.69, 9.17) is 16.7 Å². The van der Waals surface area contributed by atoms with Crippen LogP contribution >= 0.6 is 11.6 Å². The molecule has 1 aromatic heterocycles. The van der Waals surface area contributed by atoms with Crippen molar-refractivity contribution in [2.45, 2.75) is 0 Å². The fraction of sp³-hybridized carbons (Fsp3) is 0. The lowest BCUT2D eigenvalue weighted by Gasteiger charge is -2.00. The minimum Gasteiger partial charge on any atom is -0.506 e. The molecule has 1 aromatic carbocycles. The first-order valence-corrected chi connectivity index (χ1v) is 3.98. The number of aromatic nitrogens is 1. The Balaban J connectivity index is 2.87. The molecule has 0 aliphatic carbocycles. The summed E-state index contributed by atoms with van der Waals surface area (Å²) in [5, 5.41) is 9.90. The van der Waals surface area contributed by atoms with E-state index < -0.39 is 5.82 Å². The average molecular weight is 198 g/mol. The second kappa shape index (κ2) is 2.85. The molecule has 4 heteroatoms. The summed E-state index contributed by atoms with van der Waals surface area (Å²) in [7, 11) is 0. The smallest absolute Gasteiger partial charge is 0.134 e. The Labute approximate surface area is 78.6 Å². The second-order valence-corrected chi connectivity index (χ2v) is 3.06. The van der Waals surface area contributed by atoms with Crippen LogP contribution in [0.4, 0.5) is 4.39 Å². The van der Waals surface area contributed by atoms with Gasteiger partial charge in [-0.1, -0.05) is 11.6 Å². The zero-order valence-electron chi connectivity index (χ0n) is 6.46. The van der Waals surface area contributed by atoms with Gasteiger partial charge in [-0.2, -0.15) is 0 Å². The molecular weight excluding hydrogens is 193 g/mol. The van der Waals surface area contributed by atoms with E-state index in [1.165, 1.54) is 24.4 Å². The molecular formula is C9H5ClFNO. The molecule has 0 unspecified atom stereocenters. The number of hydrogen-bond acceptors (Lipinski definition) is 2. The molecule has 2 aromatic rings. The van der Waals surface area contributed by atoms with Crippen molar-refractivity contribution < 1.29 is 9.50 Å². The minimum atomic E-state index is -0.435. The molecule has 1 heterocycles. The topological polar surface area (TPSA) is 33.1 Å². The van der Waals surface area contributed by atoms with Gasteiger partial charge in [0.05, 0.1) is 16.7 Å². The Morgan fingerprint density at radius 3 is 2.85 bits per heavy atom. The van der Waals surface area contributed by atoms with Crippen LogP contribution in [-0.4, -0.2) is 10.1 Å². The van der Waals surface area contributed by atoms with Gasteiger partial charge < -0.3 is 5.11 Å². The highest BCUT2D eigenvalue weighted by Gasteiger charge is 2.03. The Kier molecular flexibility index (Phi) is 1.81. The first kappa shape index (κ1) is 8.26. The SMILES string of the molecule is Oc1cnc2cc(F)cc(Cl)c2c1. The second-order valence-electron chi connectivity index (χ2n) is 2.65. The third-order valence-electron chi connectivity index (χ3n) is 1.70. The maximum absolute atomic E-state index is 12.8. The number of pyridine rings is 1. The number of fused-ring (bicyclic) bond motifs is 1. The van der Waals surface area contributed by atoms with Crippen molar-refractivity contribution in [3.63, 3.8) is 0 Å². The third kappa shape index (κ3) is 1.42. The molecule has 0 aliphatic heterocycles. The summed E-state index contributed by atoms with van der Waals surface area (Å²) in [5.74, 6) is -0.420. The summed E-state index contributed by atoms with van der Waals surface area (Å²) in [6.45, 7) is 0. The minimum absolute atomic E-state index is 0.0148. The van der Waals surface area contributed by atoms with E-state index in [1.54, 1.807) is 0 Å². The number of halogens is 2. The molecule has 0 spiro atoms. The molecule has 66 valence electrons. The summed E-state index contributed by atoms with van der Waals surface area (Å²) in [5.41, 5.74) is 0.433. The van der Waals surface area contributed by atoms with E-state index in [0.29, 0.717) is 10.9 Å². The van der Waals surface area contributed by atoms with E-state index in [2.05, 4.69) is 4.98 Å². The molecule has 0 aliphatic rings. The third-order valence-corrected chi connectivity index (χ3v) is 2.01. The van der Waals surface area contributed by atoms with Crippen LogP contribution in [0.25, 0.3) is 10.9 Å². The number of aromatic hydroxyl groups is 1. The van der Waals surface area contributed by atoms with Gasteiger partial charge in [-0.05, 0) is 12.1 Å². The molecule has 0 amide bonds. The Bertz CT molecular complexity index is 472. The van der Waals surface area contributed by atoms with Gasteiger partial charge in [-0.15, -0.1) is 0 Å². The van der Waals surface area contributed by atoms with Gasteiger partial charge in [0.25, 0.3) is 0 Å². The van der Waals surface area contributed by atoms with Gasteiger partial charge in [0.15, 0.2) is 0 Å². The summed E-state index contributed by atoms with van der Waals surface area (Å²) in [6.07, 6.45) is 1.25. The quantitative estimate of drug-likeness (QED) is 0.705. The van der Waals surface area contributed by atoms with E-state index in [-0.39, 0.29) is 10.8 Å². The van der Waals surface area contributed by atoms with Crippen LogP contribution in [0.1, 0.15) is 0 Å². The maximum Gasteiger partial charge on any atom is 0.134 e. The van der Waals surface area contributed by atoms with Crippen LogP contribution in [0, 0.1) is 5.82 Å². The molecule has 0 bridgehead atoms. The monoisotopic (exact) mass is 197 g/mol. The van der Waals surface area contributed by atoms with Crippen LogP contribution in [0.2, 0.25) is 5.02 Å². The Morgan fingerprint density at radius 2 is 2.08 bits per heavy atom. The lowest BCUT2D eigenvalue weighted by Crippen LogP contribution is -1.82. The zero-order valence-corrected chi connectivity index (χ0v) is 7.22. The molecule has 0 radical (unpaired) electrons. The normalized spacial score (nSPS) is 10.6. The predicted molar refractivity (Wildman–Crippen MR) is 48.4 cm³/mol. The first-order valence-electron chi connectivity index (χ1n) is 3.60. The van der Waals surface area contributed by atoms with E-state index in [0.717, 1.165) is 0 Å². The van der Waals surface area contributed by atoms with Crippen molar-refractivity contribution >= 4 is 22.5 Å². The molecule has 1 N–H and O–H groups in total. The van der Waals surface area contributed by atoms with Crippen LogP contribution < -0.4 is 0 Å². The molecule has 0 saturated heterocycles. The van der Waals surface area contributed by atoms with Gasteiger partial charge in [0.1, 0.15) is 11.6 Å². The van der Waals surface area contributed by atoms with Gasteiger partial charge >= 0.3 is 0 Å². The van der Waals surface area contributed by atoms with E-state index in [9.17, 15) is 4.39 Å². The highest BCUT2D eigenvalue weighted by Crippen LogP contribution is 2.25. The highest BCUT2D eigenvalue weighted by molar-refractivity contribution is 6.35. The summed E-state index contributed by atoms with van der Waals surface area (Å²) >= 11 is 5.74. The summed E-state index contributed by atoms with van der Waals surface area (Å²) in [4.78, 5) is 3.83. The van der Waals surface area contributed by atoms with Crippen molar-refractivity contribution in [1.82, 2.24) is 4.98 Å². The molecule has 0 saturated carbocycles. The van der Waals surface area contributed by atoms with Crippen molar-refractivity contribution in [2.75, 3.05) is 0 Å². The van der Waals surface area contributed by atoms with Crippen LogP contribution in [0.15, 0.2) is 24.4 Å². The van der Waals surface area contributed by atoms with Crippen molar-refractivity contribution in [3.05, 3.63) is 35.2 Å². The molecule has 13 heavy (non-hydrogen) atoms. The first-order chi connectivity index (χ1) is 6.16. The average Bonchev–Trinajstić information content (AvgIpc) is 2.06. The fourth-order valence-corrected chi connectivity index (χ4v) is 1.40. The lowest BCUT2D eigenvalue weighted by atomic mass is 10.2. The molecule has 2 nitrogen and oxygen atoms in total. The number of nitrogens with zero attached hydrogens (tertiary/aromatic N) is 1. The number of hydrogen-bond donors (Lipinski definition) is 1. The molecule has 2 rings (SSSR count). The summed E-state index contributed by atoms with van der Waals surface area (Å²) < 4.78 is 12.8. The number of benzene rings is 1. The zero-order chi connectivity index (χ0) is 9.42. The molecule has 0 fully saturated rings. The largest absolute Gasteiger partial charge is 0.506 e. The van der Waals surface area contributed by atoms with Crippen LogP contribution in [0.3, 0.4) is 0 Å². The Hall–Kier alpha value is -1.35. The van der Waals surface area contributed by atoms with Gasteiger partial charge in [-0.3, -0.25) is 4.98 Å². The van der Waals surface area contributed by atoms with E-state index >= 15 is 0 Å². The highest BCUT2D eigenvalue weighted by atomic mass is 35.5. The Morgan fingerprint density at radius 1 is 1.31 bits per heavy atom. The van der Waals surface area contributed by atoms with Gasteiger partial charge in [-0.25, -0.2) is 4.39 Å². The number of rotatable bonds is 0. The fourth-order valence-electron chi connectivity index (χ4n) is 1.14. The van der Waals surface area contributed by atoms with Gasteiger partial charge in [0, 0.05) is 11.5 Å². The van der Waals surface area contributed by atoms with Gasteiger partial charge in [0.2, 0.25) is 0 Å². The molecule has 0 atom stereocenters. The predicted octanol–water partition coefficient (Wildman–Crippen LogP) is 2.73. The van der Waals surface area contributed by atoms with Crippen LogP contribution in [0.5, 0.6) is 5.75 Å². The maximum atomic E-state index is 12.8.